The molecule has 0 bridgehead atoms. The quantitative estimate of drug-likeness (QED) is 0.467. The van der Waals surface area contributed by atoms with Crippen LogP contribution in [0.15, 0.2) is 48.7 Å². The van der Waals surface area contributed by atoms with Crippen molar-refractivity contribution in [2.24, 2.45) is 5.92 Å². The summed E-state index contributed by atoms with van der Waals surface area (Å²) in [4.78, 5) is 20.7. The van der Waals surface area contributed by atoms with Gasteiger partial charge in [0.05, 0.1) is 11.9 Å². The number of hydrogen-bond donors (Lipinski definition) is 1. The minimum Gasteiger partial charge on any atom is -0.347 e. The van der Waals surface area contributed by atoms with Gasteiger partial charge >= 0.3 is 0 Å². The second-order valence-electron chi connectivity index (χ2n) is 8.67. The van der Waals surface area contributed by atoms with Gasteiger partial charge in [0.25, 0.3) is 0 Å². The molecule has 1 aliphatic heterocycles. The van der Waals surface area contributed by atoms with Crippen molar-refractivity contribution in [3.8, 4) is 11.3 Å². The molecule has 1 amide bonds. The van der Waals surface area contributed by atoms with Crippen LogP contribution in [0.3, 0.4) is 0 Å². The third-order valence-electron chi connectivity index (χ3n) is 6.17. The fraction of sp³-hybridized carbons (Fsp3) is 0.320. The Morgan fingerprint density at radius 1 is 1.03 bits per heavy atom. The van der Waals surface area contributed by atoms with E-state index in [-0.39, 0.29) is 11.8 Å². The molecule has 1 saturated heterocycles. The number of nitrogens with zero attached hydrogens (tertiary/aromatic N) is 4. The molecule has 32 heavy (non-hydrogen) atoms. The van der Waals surface area contributed by atoms with Crippen LogP contribution < -0.4 is 10.2 Å². The number of carbonyl (C=O) groups is 1. The first-order valence-corrected chi connectivity index (χ1v) is 11.8. The first-order valence-electron chi connectivity index (χ1n) is 11.0. The standard InChI is InChI=1S/C25H27N5OS/c1-16-5-8-19(9-6-16)22-15-30-24(27-22)32-25(28-30)29-12-10-20(11-13-29)23(31)26-21-14-17(2)4-7-18(21)3/h4-9,14-15,20H,10-13H2,1-3H3,(H,26,31). The molecule has 1 N–H and O–H groups in total. The van der Waals surface area contributed by atoms with Crippen molar-refractivity contribution in [2.45, 2.75) is 33.6 Å². The molecule has 1 aliphatic rings. The van der Waals surface area contributed by atoms with Gasteiger partial charge in [-0.05, 0) is 50.8 Å². The normalized spacial score (nSPS) is 14.8. The zero-order chi connectivity index (χ0) is 22.2. The highest BCUT2D eigenvalue weighted by Crippen LogP contribution is 2.30. The Morgan fingerprint density at radius 3 is 2.47 bits per heavy atom. The lowest BCUT2D eigenvalue weighted by atomic mass is 9.96. The molecule has 6 nitrogen and oxygen atoms in total. The summed E-state index contributed by atoms with van der Waals surface area (Å²) in [5.74, 6) is 0.151. The number of nitrogens with one attached hydrogen (secondary N) is 1. The molecule has 2 aromatic heterocycles. The Hall–Kier alpha value is -3.19. The Kier molecular flexibility index (Phi) is 5.43. The van der Waals surface area contributed by atoms with Gasteiger partial charge in [0.2, 0.25) is 16.0 Å². The Morgan fingerprint density at radius 2 is 1.75 bits per heavy atom. The molecular weight excluding hydrogens is 418 g/mol. The van der Waals surface area contributed by atoms with E-state index in [4.69, 9.17) is 10.1 Å². The summed E-state index contributed by atoms with van der Waals surface area (Å²) in [6, 6.07) is 14.5. The maximum atomic E-state index is 12.8. The van der Waals surface area contributed by atoms with Crippen molar-refractivity contribution in [2.75, 3.05) is 23.3 Å². The third-order valence-corrected chi connectivity index (χ3v) is 7.15. The van der Waals surface area contributed by atoms with E-state index in [1.807, 2.05) is 30.6 Å². The number of fused-ring (bicyclic) bond motifs is 1. The largest absolute Gasteiger partial charge is 0.347 e. The average Bonchev–Trinajstić information content (AvgIpc) is 3.36. The van der Waals surface area contributed by atoms with Gasteiger partial charge in [-0.3, -0.25) is 4.79 Å². The van der Waals surface area contributed by atoms with Gasteiger partial charge in [0, 0.05) is 30.3 Å². The number of piperidine rings is 1. The average molecular weight is 446 g/mol. The molecule has 3 heterocycles. The molecule has 0 radical (unpaired) electrons. The first-order chi connectivity index (χ1) is 15.5. The number of hydrogen-bond acceptors (Lipinski definition) is 5. The lowest BCUT2D eigenvalue weighted by Gasteiger charge is -2.30. The van der Waals surface area contributed by atoms with Gasteiger partial charge in [-0.25, -0.2) is 9.50 Å². The summed E-state index contributed by atoms with van der Waals surface area (Å²) in [5.41, 5.74) is 6.45. The van der Waals surface area contributed by atoms with Crippen LogP contribution in [0.25, 0.3) is 16.2 Å². The molecule has 2 aromatic carbocycles. The van der Waals surface area contributed by atoms with E-state index in [1.165, 1.54) is 5.56 Å². The van der Waals surface area contributed by atoms with Crippen molar-refractivity contribution < 1.29 is 4.79 Å². The minimum atomic E-state index is 0.0309. The predicted molar refractivity (Wildman–Crippen MR) is 131 cm³/mol. The molecule has 164 valence electrons. The summed E-state index contributed by atoms with van der Waals surface area (Å²) in [6.45, 7) is 7.81. The first kappa shape index (κ1) is 20.7. The maximum absolute atomic E-state index is 12.8. The maximum Gasteiger partial charge on any atom is 0.227 e. The van der Waals surface area contributed by atoms with E-state index in [9.17, 15) is 4.79 Å². The van der Waals surface area contributed by atoms with Crippen LogP contribution in [-0.2, 0) is 4.79 Å². The Labute approximate surface area is 191 Å². The lowest BCUT2D eigenvalue weighted by molar-refractivity contribution is -0.120. The number of benzene rings is 2. The fourth-order valence-electron chi connectivity index (χ4n) is 4.12. The van der Waals surface area contributed by atoms with Gasteiger partial charge in [-0.2, -0.15) is 0 Å². The second kappa shape index (κ2) is 8.39. The monoisotopic (exact) mass is 445 g/mol. The number of carbonyl (C=O) groups excluding carboxylic acids is 1. The van der Waals surface area contributed by atoms with Crippen LogP contribution in [0.5, 0.6) is 0 Å². The van der Waals surface area contributed by atoms with Gasteiger partial charge in [0.15, 0.2) is 0 Å². The molecule has 0 spiro atoms. The number of rotatable bonds is 4. The molecule has 1 fully saturated rings. The molecule has 4 aromatic rings. The summed E-state index contributed by atoms with van der Waals surface area (Å²) in [5, 5.41) is 8.86. The summed E-state index contributed by atoms with van der Waals surface area (Å²) in [7, 11) is 0. The van der Waals surface area contributed by atoms with E-state index < -0.39 is 0 Å². The molecule has 0 unspecified atom stereocenters. The zero-order valence-electron chi connectivity index (χ0n) is 18.6. The second-order valence-corrected chi connectivity index (χ2v) is 9.61. The molecule has 7 heteroatoms. The highest BCUT2D eigenvalue weighted by molar-refractivity contribution is 7.20. The van der Waals surface area contributed by atoms with E-state index in [2.05, 4.69) is 53.5 Å². The van der Waals surface area contributed by atoms with Gasteiger partial charge in [-0.1, -0.05) is 53.3 Å². The number of amides is 1. The molecule has 0 atom stereocenters. The van der Waals surface area contributed by atoms with Crippen molar-refractivity contribution in [1.82, 2.24) is 14.6 Å². The smallest absolute Gasteiger partial charge is 0.227 e. The molecule has 5 rings (SSSR count). The lowest BCUT2D eigenvalue weighted by Crippen LogP contribution is -2.38. The number of anilines is 2. The van der Waals surface area contributed by atoms with Crippen molar-refractivity contribution in [3.63, 3.8) is 0 Å². The molecule has 0 aliphatic carbocycles. The van der Waals surface area contributed by atoms with E-state index in [0.29, 0.717) is 0 Å². The zero-order valence-corrected chi connectivity index (χ0v) is 19.4. The number of imidazole rings is 1. The van der Waals surface area contributed by atoms with Crippen LogP contribution in [0.1, 0.15) is 29.5 Å². The Bertz CT molecular complexity index is 1230. The van der Waals surface area contributed by atoms with Crippen molar-refractivity contribution >= 4 is 33.0 Å². The van der Waals surface area contributed by atoms with Crippen LogP contribution >= 0.6 is 11.3 Å². The fourth-order valence-corrected chi connectivity index (χ4v) is 5.05. The van der Waals surface area contributed by atoms with Gasteiger partial charge < -0.3 is 10.2 Å². The minimum absolute atomic E-state index is 0.0309. The Balaban J connectivity index is 1.23. The van der Waals surface area contributed by atoms with Crippen LogP contribution in [0, 0.1) is 26.7 Å². The van der Waals surface area contributed by atoms with Gasteiger partial charge in [-0.15, -0.1) is 5.10 Å². The van der Waals surface area contributed by atoms with E-state index >= 15 is 0 Å². The summed E-state index contributed by atoms with van der Waals surface area (Å²) >= 11 is 1.60. The number of aromatic nitrogens is 3. The highest BCUT2D eigenvalue weighted by atomic mass is 32.1. The molecule has 0 saturated carbocycles. The van der Waals surface area contributed by atoms with Crippen molar-refractivity contribution in [3.05, 3.63) is 65.4 Å². The summed E-state index contributed by atoms with van der Waals surface area (Å²) < 4.78 is 1.87. The molecular formula is C25H27N5OS. The van der Waals surface area contributed by atoms with Crippen LogP contribution in [-0.4, -0.2) is 33.6 Å². The van der Waals surface area contributed by atoms with Crippen LogP contribution in [0.4, 0.5) is 10.8 Å². The third kappa shape index (κ3) is 4.12. The predicted octanol–water partition coefficient (Wildman–Crippen LogP) is 5.24. The van der Waals surface area contributed by atoms with Crippen molar-refractivity contribution in [1.29, 1.82) is 0 Å². The SMILES string of the molecule is Cc1ccc(-c2cn3nc(N4CCC(C(=O)Nc5cc(C)ccc5C)CC4)sc3n2)cc1. The van der Waals surface area contributed by atoms with Gasteiger partial charge in [0.1, 0.15) is 0 Å². The number of aryl methyl sites for hydroxylation is 3. The summed E-state index contributed by atoms with van der Waals surface area (Å²) in [6.07, 6.45) is 3.64. The van der Waals surface area contributed by atoms with E-state index in [0.717, 1.165) is 64.1 Å². The topological polar surface area (TPSA) is 62.5 Å². The highest BCUT2D eigenvalue weighted by Gasteiger charge is 2.27. The van der Waals surface area contributed by atoms with Crippen LogP contribution in [0.2, 0.25) is 0 Å². The van der Waals surface area contributed by atoms with E-state index in [1.54, 1.807) is 11.3 Å².